The minimum Gasteiger partial charge on any atom is -0.391 e. The molecule has 0 saturated carbocycles. The van der Waals surface area contributed by atoms with Crippen molar-refractivity contribution in [1.82, 2.24) is 19.4 Å². The van der Waals surface area contributed by atoms with Gasteiger partial charge in [-0.2, -0.15) is 0 Å². The van der Waals surface area contributed by atoms with Crippen molar-refractivity contribution in [3.8, 4) is 0 Å². The highest BCUT2D eigenvalue weighted by molar-refractivity contribution is 5.86. The monoisotopic (exact) mass is 303 g/mol. The maximum atomic E-state index is 11.9. The summed E-state index contributed by atoms with van der Waals surface area (Å²) >= 11 is 0. The summed E-state index contributed by atoms with van der Waals surface area (Å²) in [7, 11) is 5.40. The molecule has 2 atom stereocenters. The van der Waals surface area contributed by atoms with Gasteiger partial charge in [0, 0.05) is 52.8 Å². The van der Waals surface area contributed by atoms with Crippen molar-refractivity contribution in [3.05, 3.63) is 18.6 Å². The van der Waals surface area contributed by atoms with Crippen molar-refractivity contribution in [1.29, 1.82) is 0 Å². The molecule has 7 nitrogen and oxygen atoms in total. The molecule has 1 aliphatic heterocycles. The number of aryl methyl sites for hydroxylation is 1. The third kappa shape index (κ3) is 2.52. The minimum atomic E-state index is -0.519. The van der Waals surface area contributed by atoms with Gasteiger partial charge in [-0.3, -0.25) is 4.79 Å². The zero-order chi connectivity index (χ0) is 15.9. The normalized spacial score (nSPS) is 21.5. The van der Waals surface area contributed by atoms with E-state index in [4.69, 9.17) is 0 Å². The number of imidazole rings is 1. The van der Waals surface area contributed by atoms with Gasteiger partial charge in [0.15, 0.2) is 5.82 Å². The molecule has 7 heteroatoms. The number of hydrogen-bond acceptors (Lipinski definition) is 5. The standard InChI is InChI=1S/C15H21N5O2/c1-18(2)13(22)6-10-7-20(8-12(10)21)15-14-11(4-5-16-15)17-9-19(14)3/h4-5,9-10,12,21H,6-8H2,1-3H3/t10-,12-/m1/s1. The number of carbonyl (C=O) groups excluding carboxylic acids is 1. The lowest BCUT2D eigenvalue weighted by atomic mass is 10.0. The highest BCUT2D eigenvalue weighted by atomic mass is 16.3. The third-order valence-electron chi connectivity index (χ3n) is 4.25. The Bertz CT molecular complexity index is 696. The van der Waals surface area contributed by atoms with Crippen LogP contribution < -0.4 is 4.90 Å². The predicted octanol–water partition coefficient (Wildman–Crippen LogP) is 0.244. The van der Waals surface area contributed by atoms with E-state index < -0.39 is 6.10 Å². The number of rotatable bonds is 3. The quantitative estimate of drug-likeness (QED) is 0.879. The molecule has 2 aromatic heterocycles. The molecule has 22 heavy (non-hydrogen) atoms. The first kappa shape index (κ1) is 14.8. The van der Waals surface area contributed by atoms with E-state index in [2.05, 4.69) is 9.97 Å². The Morgan fingerprint density at radius 2 is 2.18 bits per heavy atom. The lowest BCUT2D eigenvalue weighted by molar-refractivity contribution is -0.130. The fraction of sp³-hybridized carbons (Fsp3) is 0.533. The van der Waals surface area contributed by atoms with Crippen LogP contribution >= 0.6 is 0 Å². The second-order valence-electron chi connectivity index (χ2n) is 6.08. The molecule has 0 spiro atoms. The van der Waals surface area contributed by atoms with Crippen molar-refractivity contribution in [2.75, 3.05) is 32.1 Å². The molecule has 3 heterocycles. The molecule has 118 valence electrons. The number of pyridine rings is 1. The predicted molar refractivity (Wildman–Crippen MR) is 83.5 cm³/mol. The smallest absolute Gasteiger partial charge is 0.222 e. The van der Waals surface area contributed by atoms with Crippen LogP contribution in [0, 0.1) is 5.92 Å². The van der Waals surface area contributed by atoms with E-state index in [1.54, 1.807) is 31.5 Å². The van der Waals surface area contributed by atoms with Gasteiger partial charge in [0.05, 0.1) is 17.9 Å². The van der Waals surface area contributed by atoms with Crippen molar-refractivity contribution >= 4 is 22.8 Å². The van der Waals surface area contributed by atoms with Crippen LogP contribution in [0.4, 0.5) is 5.82 Å². The molecule has 1 saturated heterocycles. The average Bonchev–Trinajstić information content (AvgIpc) is 3.03. The van der Waals surface area contributed by atoms with Gasteiger partial charge in [-0.05, 0) is 6.07 Å². The van der Waals surface area contributed by atoms with Gasteiger partial charge < -0.3 is 19.5 Å². The van der Waals surface area contributed by atoms with Crippen molar-refractivity contribution in [3.63, 3.8) is 0 Å². The van der Waals surface area contributed by atoms with Crippen molar-refractivity contribution in [2.45, 2.75) is 12.5 Å². The van der Waals surface area contributed by atoms with E-state index in [9.17, 15) is 9.90 Å². The first-order valence-electron chi connectivity index (χ1n) is 7.36. The maximum Gasteiger partial charge on any atom is 0.222 e. The van der Waals surface area contributed by atoms with Gasteiger partial charge >= 0.3 is 0 Å². The summed E-state index contributed by atoms with van der Waals surface area (Å²) in [6.45, 7) is 1.11. The highest BCUT2D eigenvalue weighted by Crippen LogP contribution is 2.29. The highest BCUT2D eigenvalue weighted by Gasteiger charge is 2.34. The summed E-state index contributed by atoms with van der Waals surface area (Å²) in [4.78, 5) is 24.3. The summed E-state index contributed by atoms with van der Waals surface area (Å²) in [6.07, 6.45) is 3.32. The van der Waals surface area contributed by atoms with Crippen LogP contribution in [-0.2, 0) is 11.8 Å². The van der Waals surface area contributed by atoms with Gasteiger partial charge in [0.2, 0.25) is 5.91 Å². The molecule has 1 N–H and O–H groups in total. The van der Waals surface area contributed by atoms with Gasteiger partial charge in [-0.1, -0.05) is 0 Å². The van der Waals surface area contributed by atoms with Crippen molar-refractivity contribution < 1.29 is 9.90 Å². The Kier molecular flexibility index (Phi) is 3.74. The number of β-amino-alcohol motifs (C(OH)–C–C–N with tert-alkyl or cyclic N) is 1. The second kappa shape index (κ2) is 5.57. The summed E-state index contributed by atoms with van der Waals surface area (Å²) < 4.78 is 1.93. The summed E-state index contributed by atoms with van der Waals surface area (Å²) in [5.41, 5.74) is 1.84. The summed E-state index contributed by atoms with van der Waals surface area (Å²) in [6, 6.07) is 1.87. The van der Waals surface area contributed by atoms with Gasteiger partial charge in [-0.25, -0.2) is 9.97 Å². The number of fused-ring (bicyclic) bond motifs is 1. The molecule has 1 fully saturated rings. The largest absolute Gasteiger partial charge is 0.391 e. The number of aliphatic hydroxyl groups excluding tert-OH is 1. The molecule has 2 aromatic rings. The fourth-order valence-electron chi connectivity index (χ4n) is 2.95. The van der Waals surface area contributed by atoms with Crippen molar-refractivity contribution in [2.24, 2.45) is 13.0 Å². The van der Waals surface area contributed by atoms with E-state index in [1.165, 1.54) is 0 Å². The van der Waals surface area contributed by atoms with E-state index in [-0.39, 0.29) is 11.8 Å². The molecular weight excluding hydrogens is 282 g/mol. The van der Waals surface area contributed by atoms with E-state index in [0.29, 0.717) is 19.5 Å². The number of carbonyl (C=O) groups is 1. The number of amides is 1. The van der Waals surface area contributed by atoms with Gasteiger partial charge in [0.25, 0.3) is 0 Å². The topological polar surface area (TPSA) is 74.5 Å². The van der Waals surface area contributed by atoms with Crippen LogP contribution in [-0.4, -0.2) is 63.7 Å². The Hall–Kier alpha value is -2.15. The lowest BCUT2D eigenvalue weighted by Gasteiger charge is -2.19. The summed E-state index contributed by atoms with van der Waals surface area (Å²) in [5.74, 6) is 0.786. The molecular formula is C15H21N5O2. The Labute approximate surface area is 129 Å². The Balaban J connectivity index is 1.84. The van der Waals surface area contributed by atoms with E-state index >= 15 is 0 Å². The molecule has 3 rings (SSSR count). The first-order valence-corrected chi connectivity index (χ1v) is 7.36. The van der Waals surface area contributed by atoms with Crippen LogP contribution in [0.25, 0.3) is 11.0 Å². The number of aliphatic hydroxyl groups is 1. The Morgan fingerprint density at radius 3 is 2.91 bits per heavy atom. The molecule has 0 bridgehead atoms. The number of aromatic nitrogens is 3. The van der Waals surface area contributed by atoms with Crippen LogP contribution in [0.1, 0.15) is 6.42 Å². The van der Waals surface area contributed by atoms with Gasteiger partial charge in [0.1, 0.15) is 5.52 Å². The molecule has 0 radical (unpaired) electrons. The number of anilines is 1. The SMILES string of the molecule is CN(C)C(=O)C[C@@H]1CN(c2nccc3ncn(C)c23)C[C@H]1O. The molecule has 0 aromatic carbocycles. The van der Waals surface area contributed by atoms with Crippen LogP contribution in [0.2, 0.25) is 0 Å². The van der Waals surface area contributed by atoms with Crippen LogP contribution in [0.15, 0.2) is 18.6 Å². The summed E-state index contributed by atoms with van der Waals surface area (Å²) in [5, 5.41) is 10.3. The number of hydrogen-bond donors (Lipinski definition) is 1. The Morgan fingerprint density at radius 1 is 1.41 bits per heavy atom. The number of nitrogens with zero attached hydrogens (tertiary/aromatic N) is 5. The maximum absolute atomic E-state index is 11.9. The molecule has 1 amide bonds. The van der Waals surface area contributed by atoms with Crippen LogP contribution in [0.3, 0.4) is 0 Å². The fourth-order valence-corrected chi connectivity index (χ4v) is 2.95. The average molecular weight is 303 g/mol. The second-order valence-corrected chi connectivity index (χ2v) is 6.08. The zero-order valence-corrected chi connectivity index (χ0v) is 13.1. The molecule has 0 unspecified atom stereocenters. The minimum absolute atomic E-state index is 0.0394. The first-order chi connectivity index (χ1) is 10.5. The van der Waals surface area contributed by atoms with Gasteiger partial charge in [-0.15, -0.1) is 0 Å². The van der Waals surface area contributed by atoms with E-state index in [0.717, 1.165) is 16.9 Å². The molecule has 1 aliphatic rings. The van der Waals surface area contributed by atoms with Crippen LogP contribution in [0.5, 0.6) is 0 Å². The lowest BCUT2D eigenvalue weighted by Crippen LogP contribution is -2.28. The molecule has 0 aliphatic carbocycles. The zero-order valence-electron chi connectivity index (χ0n) is 13.1. The third-order valence-corrected chi connectivity index (χ3v) is 4.25. The van der Waals surface area contributed by atoms with E-state index in [1.807, 2.05) is 22.6 Å².